The number of anilines is 1. The summed E-state index contributed by atoms with van der Waals surface area (Å²) < 4.78 is 33.1. The maximum absolute atomic E-state index is 13.3. The molecule has 0 aliphatic carbocycles. The molecule has 6 nitrogen and oxygen atoms in total. The van der Waals surface area contributed by atoms with Gasteiger partial charge in [0.1, 0.15) is 12.3 Å². The van der Waals surface area contributed by atoms with Gasteiger partial charge < -0.3 is 10.1 Å². The first kappa shape index (κ1) is 22.7. The number of benzene rings is 3. The van der Waals surface area contributed by atoms with Crippen molar-refractivity contribution in [2.45, 2.75) is 17.9 Å². The Bertz CT molecular complexity index is 1150. The average Bonchev–Trinajstić information content (AvgIpc) is 2.78. The predicted molar refractivity (Wildman–Crippen MR) is 122 cm³/mol. The van der Waals surface area contributed by atoms with Crippen LogP contribution in [0.15, 0.2) is 83.8 Å². The summed E-state index contributed by atoms with van der Waals surface area (Å²) in [4.78, 5) is 13.0. The first-order chi connectivity index (χ1) is 14.8. The second-order valence-electron chi connectivity index (χ2n) is 6.81. The van der Waals surface area contributed by atoms with Crippen LogP contribution in [-0.2, 0) is 14.8 Å². The lowest BCUT2D eigenvalue weighted by atomic mass is 10.1. The molecule has 0 spiro atoms. The summed E-state index contributed by atoms with van der Waals surface area (Å²) in [6.45, 7) is 1.38. The fourth-order valence-corrected chi connectivity index (χ4v) is 4.94. The van der Waals surface area contributed by atoms with Crippen molar-refractivity contribution < 1.29 is 17.9 Å². The number of rotatable bonds is 8. The number of ether oxygens (including phenoxy) is 1. The van der Waals surface area contributed by atoms with Crippen molar-refractivity contribution >= 4 is 33.2 Å². The van der Waals surface area contributed by atoms with Crippen LogP contribution in [0.25, 0.3) is 0 Å². The van der Waals surface area contributed by atoms with Gasteiger partial charge in [0.05, 0.1) is 28.8 Å². The van der Waals surface area contributed by atoms with Gasteiger partial charge in [-0.15, -0.1) is 0 Å². The summed E-state index contributed by atoms with van der Waals surface area (Å²) in [7, 11) is -2.47. The molecule has 0 unspecified atom stereocenters. The number of carbonyl (C=O) groups excluding carboxylic acids is 1. The van der Waals surface area contributed by atoms with Gasteiger partial charge in [0.25, 0.3) is 10.0 Å². The highest BCUT2D eigenvalue weighted by Gasteiger charge is 2.29. The summed E-state index contributed by atoms with van der Waals surface area (Å²) in [6, 6.07) is 21.4. The lowest BCUT2D eigenvalue weighted by Gasteiger charge is -2.26. The molecule has 0 aliphatic rings. The van der Waals surface area contributed by atoms with Gasteiger partial charge in [0.2, 0.25) is 5.91 Å². The number of hydrogen-bond acceptors (Lipinski definition) is 4. The number of hydrogen-bond donors (Lipinski definition) is 1. The van der Waals surface area contributed by atoms with Gasteiger partial charge >= 0.3 is 0 Å². The number of nitrogens with one attached hydrogen (secondary N) is 1. The zero-order chi connectivity index (χ0) is 22.4. The molecule has 1 amide bonds. The summed E-state index contributed by atoms with van der Waals surface area (Å²) in [5.41, 5.74) is 1.02. The van der Waals surface area contributed by atoms with E-state index in [-0.39, 0.29) is 15.6 Å². The Hall–Kier alpha value is -3.03. The molecule has 3 aromatic rings. The highest BCUT2D eigenvalue weighted by molar-refractivity contribution is 7.92. The van der Waals surface area contributed by atoms with E-state index in [0.717, 1.165) is 9.87 Å². The van der Waals surface area contributed by atoms with E-state index < -0.39 is 28.5 Å². The Balaban J connectivity index is 1.90. The highest BCUT2D eigenvalue weighted by atomic mass is 35.5. The maximum Gasteiger partial charge on any atom is 0.264 e. The number of para-hydroxylation sites is 2. The van der Waals surface area contributed by atoms with Crippen LogP contribution in [0.3, 0.4) is 0 Å². The Morgan fingerprint density at radius 2 is 1.61 bits per heavy atom. The van der Waals surface area contributed by atoms with Gasteiger partial charge in [-0.3, -0.25) is 9.10 Å². The Morgan fingerprint density at radius 1 is 1.00 bits per heavy atom. The largest absolute Gasteiger partial charge is 0.496 e. The minimum atomic E-state index is -4.02. The summed E-state index contributed by atoms with van der Waals surface area (Å²) in [5, 5.41) is 3.08. The van der Waals surface area contributed by atoms with E-state index in [9.17, 15) is 13.2 Å². The van der Waals surface area contributed by atoms with Gasteiger partial charge in [-0.1, -0.05) is 60.1 Å². The molecule has 0 bridgehead atoms. The third-order valence-corrected chi connectivity index (χ3v) is 6.82. The maximum atomic E-state index is 13.3. The Kier molecular flexibility index (Phi) is 7.20. The molecule has 0 heterocycles. The summed E-state index contributed by atoms with van der Waals surface area (Å²) >= 11 is 6.28. The molecule has 0 saturated carbocycles. The van der Waals surface area contributed by atoms with Crippen LogP contribution in [0.4, 0.5) is 5.69 Å². The van der Waals surface area contributed by atoms with Crippen LogP contribution < -0.4 is 14.4 Å². The van der Waals surface area contributed by atoms with E-state index in [2.05, 4.69) is 5.32 Å². The Labute approximate surface area is 187 Å². The van der Waals surface area contributed by atoms with E-state index in [1.807, 2.05) is 18.2 Å². The quantitative estimate of drug-likeness (QED) is 0.542. The van der Waals surface area contributed by atoms with Crippen LogP contribution in [0.1, 0.15) is 18.5 Å². The van der Waals surface area contributed by atoms with Crippen molar-refractivity contribution in [3.8, 4) is 5.75 Å². The van der Waals surface area contributed by atoms with Crippen molar-refractivity contribution in [2.24, 2.45) is 0 Å². The average molecular weight is 459 g/mol. The van der Waals surface area contributed by atoms with Gasteiger partial charge in [0.15, 0.2) is 0 Å². The summed E-state index contributed by atoms with van der Waals surface area (Å²) in [6.07, 6.45) is 0. The van der Waals surface area contributed by atoms with Crippen LogP contribution in [0.2, 0.25) is 5.02 Å². The van der Waals surface area contributed by atoms with Gasteiger partial charge in [0, 0.05) is 5.56 Å². The number of nitrogens with zero attached hydrogens (tertiary/aromatic N) is 1. The fraction of sp³-hybridized carbons (Fsp3) is 0.174. The molecule has 162 valence electrons. The standard InChI is InChI=1S/C23H23ClN2O4S/c1-17(19-12-6-9-15-22(19)30-2)25-23(27)16-26(21-14-8-7-13-20(21)24)31(28,29)18-10-4-3-5-11-18/h3-15,17H,16H2,1-2H3,(H,25,27)/t17-/m0/s1. The van der Waals surface area contributed by atoms with Crippen molar-refractivity contribution in [1.29, 1.82) is 0 Å². The third-order valence-electron chi connectivity index (χ3n) is 4.72. The van der Waals surface area contributed by atoms with E-state index >= 15 is 0 Å². The molecule has 0 aliphatic heterocycles. The first-order valence-corrected chi connectivity index (χ1v) is 11.4. The van der Waals surface area contributed by atoms with E-state index in [1.165, 1.54) is 12.1 Å². The number of carbonyl (C=O) groups is 1. The molecular formula is C23H23ClN2O4S. The zero-order valence-corrected chi connectivity index (χ0v) is 18.7. The molecule has 1 atom stereocenters. The lowest BCUT2D eigenvalue weighted by molar-refractivity contribution is -0.120. The van der Waals surface area contributed by atoms with E-state index in [0.29, 0.717) is 5.75 Å². The van der Waals surface area contributed by atoms with Crippen molar-refractivity contribution in [2.75, 3.05) is 18.0 Å². The van der Waals surface area contributed by atoms with Crippen molar-refractivity contribution in [3.05, 3.63) is 89.4 Å². The molecule has 1 N–H and O–H groups in total. The number of amides is 1. The monoisotopic (exact) mass is 458 g/mol. The Morgan fingerprint density at radius 3 is 2.29 bits per heavy atom. The molecule has 0 radical (unpaired) electrons. The zero-order valence-electron chi connectivity index (χ0n) is 17.2. The molecule has 0 aromatic heterocycles. The minimum absolute atomic E-state index is 0.0699. The van der Waals surface area contributed by atoms with E-state index in [1.54, 1.807) is 62.6 Å². The lowest BCUT2D eigenvalue weighted by Crippen LogP contribution is -2.41. The normalized spacial score (nSPS) is 12.1. The van der Waals surface area contributed by atoms with Crippen molar-refractivity contribution in [1.82, 2.24) is 5.32 Å². The van der Waals surface area contributed by atoms with Crippen LogP contribution >= 0.6 is 11.6 Å². The number of halogens is 1. The van der Waals surface area contributed by atoms with Gasteiger partial charge in [-0.25, -0.2) is 8.42 Å². The smallest absolute Gasteiger partial charge is 0.264 e. The molecule has 0 fully saturated rings. The van der Waals surface area contributed by atoms with Crippen LogP contribution in [0, 0.1) is 0 Å². The van der Waals surface area contributed by atoms with Crippen LogP contribution in [-0.4, -0.2) is 28.0 Å². The molecule has 3 aromatic carbocycles. The second-order valence-corrected chi connectivity index (χ2v) is 9.08. The van der Waals surface area contributed by atoms with E-state index in [4.69, 9.17) is 16.3 Å². The molecular weight excluding hydrogens is 436 g/mol. The molecule has 0 saturated heterocycles. The van der Waals surface area contributed by atoms with Crippen molar-refractivity contribution in [3.63, 3.8) is 0 Å². The first-order valence-electron chi connectivity index (χ1n) is 9.59. The second kappa shape index (κ2) is 9.85. The topological polar surface area (TPSA) is 75.7 Å². The SMILES string of the molecule is COc1ccccc1[C@H](C)NC(=O)CN(c1ccccc1Cl)S(=O)(=O)c1ccccc1. The third kappa shape index (κ3) is 5.18. The van der Waals surface area contributed by atoms with Gasteiger partial charge in [-0.05, 0) is 37.3 Å². The molecule has 8 heteroatoms. The molecule has 31 heavy (non-hydrogen) atoms. The van der Waals surface area contributed by atoms with Crippen LogP contribution in [0.5, 0.6) is 5.75 Å². The minimum Gasteiger partial charge on any atom is -0.496 e. The highest BCUT2D eigenvalue weighted by Crippen LogP contribution is 2.30. The predicted octanol–water partition coefficient (Wildman–Crippen LogP) is 4.42. The number of methoxy groups -OCH3 is 1. The number of sulfonamides is 1. The van der Waals surface area contributed by atoms with Gasteiger partial charge in [-0.2, -0.15) is 0 Å². The molecule has 3 rings (SSSR count). The fourth-order valence-electron chi connectivity index (χ4n) is 3.19. The summed E-state index contributed by atoms with van der Waals surface area (Å²) in [5.74, 6) is 0.160.